The van der Waals surface area contributed by atoms with E-state index >= 15 is 0 Å². The number of hydrogen-bond donors (Lipinski definition) is 1. The largest absolute Gasteiger partial charge is 0.486 e. The highest BCUT2D eigenvalue weighted by Crippen LogP contribution is 2.43. The fraction of sp³-hybridized carbons (Fsp3) is 0.333. The second-order valence-electron chi connectivity index (χ2n) is 5.94. The van der Waals surface area contributed by atoms with Crippen molar-refractivity contribution < 1.29 is 9.47 Å². The van der Waals surface area contributed by atoms with Gasteiger partial charge in [0, 0.05) is 24.4 Å². The van der Waals surface area contributed by atoms with Gasteiger partial charge in [-0.05, 0) is 31.4 Å². The average molecular weight is 296 g/mol. The molecule has 0 atom stereocenters. The van der Waals surface area contributed by atoms with Crippen LogP contribution in [0.3, 0.4) is 0 Å². The number of aryl methyl sites for hydroxylation is 2. The average Bonchev–Trinajstić information content (AvgIpc) is 2.53. The van der Waals surface area contributed by atoms with Crippen LogP contribution < -0.4 is 20.1 Å². The maximum absolute atomic E-state index is 6.29. The molecule has 0 aliphatic carbocycles. The summed E-state index contributed by atoms with van der Waals surface area (Å²) in [7, 11) is 0. The number of nitrogens with zero attached hydrogens (tertiary/aromatic N) is 1. The van der Waals surface area contributed by atoms with Gasteiger partial charge in [-0.25, -0.2) is 0 Å². The molecule has 0 aromatic heterocycles. The Hall–Kier alpha value is -2.36. The normalized spacial score (nSPS) is 16.3. The molecule has 2 aromatic rings. The summed E-state index contributed by atoms with van der Waals surface area (Å²) in [6, 6.07) is 10.5. The molecule has 0 fully saturated rings. The van der Waals surface area contributed by atoms with E-state index in [1.165, 1.54) is 16.8 Å². The molecule has 114 valence electrons. The number of hydrogen-bond acceptors (Lipinski definition) is 4. The minimum absolute atomic E-state index is 0.581. The smallest absolute Gasteiger partial charge is 0.163 e. The zero-order valence-electron chi connectivity index (χ0n) is 12.8. The molecular weight excluding hydrogens is 276 g/mol. The van der Waals surface area contributed by atoms with Gasteiger partial charge in [0.05, 0.1) is 11.4 Å². The van der Waals surface area contributed by atoms with Crippen LogP contribution in [0.1, 0.15) is 17.5 Å². The van der Waals surface area contributed by atoms with E-state index in [9.17, 15) is 0 Å². The number of fused-ring (bicyclic) bond motifs is 2. The lowest BCUT2D eigenvalue weighted by molar-refractivity contribution is 0.172. The van der Waals surface area contributed by atoms with Gasteiger partial charge in [0.1, 0.15) is 13.2 Å². The molecule has 4 nitrogen and oxygen atoms in total. The number of rotatable bonds is 1. The molecule has 2 N–H and O–H groups in total. The van der Waals surface area contributed by atoms with Crippen molar-refractivity contribution in [3.05, 3.63) is 41.5 Å². The van der Waals surface area contributed by atoms with Crippen LogP contribution in [0.15, 0.2) is 30.3 Å². The third-order valence-corrected chi connectivity index (χ3v) is 4.34. The quantitative estimate of drug-likeness (QED) is 0.819. The summed E-state index contributed by atoms with van der Waals surface area (Å²) < 4.78 is 11.3. The molecule has 0 saturated carbocycles. The van der Waals surface area contributed by atoms with Gasteiger partial charge in [-0.3, -0.25) is 0 Å². The molecule has 2 heterocycles. The van der Waals surface area contributed by atoms with Crippen LogP contribution in [0.5, 0.6) is 11.5 Å². The van der Waals surface area contributed by atoms with Crippen molar-refractivity contribution in [2.24, 2.45) is 0 Å². The lowest BCUT2D eigenvalue weighted by Gasteiger charge is -2.33. The first kappa shape index (κ1) is 13.3. The summed E-state index contributed by atoms with van der Waals surface area (Å²) in [6.45, 7) is 4.28. The highest BCUT2D eigenvalue weighted by atomic mass is 16.6. The number of ether oxygens (including phenoxy) is 2. The molecule has 4 heteroatoms. The van der Waals surface area contributed by atoms with Gasteiger partial charge in [0.15, 0.2) is 11.5 Å². The van der Waals surface area contributed by atoms with Gasteiger partial charge < -0.3 is 20.1 Å². The zero-order valence-corrected chi connectivity index (χ0v) is 12.8. The molecule has 0 bridgehead atoms. The van der Waals surface area contributed by atoms with Crippen molar-refractivity contribution in [2.45, 2.75) is 19.8 Å². The number of anilines is 3. The first-order chi connectivity index (χ1) is 10.7. The zero-order chi connectivity index (χ0) is 15.1. The van der Waals surface area contributed by atoms with Gasteiger partial charge in [-0.2, -0.15) is 0 Å². The van der Waals surface area contributed by atoms with E-state index in [0.29, 0.717) is 13.2 Å². The molecule has 2 aromatic carbocycles. The predicted octanol–water partition coefficient (Wildman–Crippen LogP) is 3.43. The summed E-state index contributed by atoms with van der Waals surface area (Å²) in [5, 5.41) is 0. The summed E-state index contributed by atoms with van der Waals surface area (Å²) in [5.74, 6) is 1.53. The lowest BCUT2D eigenvalue weighted by Crippen LogP contribution is -2.26. The molecule has 2 aliphatic heterocycles. The van der Waals surface area contributed by atoms with E-state index in [4.69, 9.17) is 15.2 Å². The minimum atomic E-state index is 0.581. The first-order valence-electron chi connectivity index (χ1n) is 7.78. The Bertz CT molecular complexity index is 727. The van der Waals surface area contributed by atoms with Crippen LogP contribution in [0, 0.1) is 6.92 Å². The molecule has 0 radical (unpaired) electrons. The predicted molar refractivity (Wildman–Crippen MR) is 88.4 cm³/mol. The van der Waals surface area contributed by atoms with Gasteiger partial charge in [-0.1, -0.05) is 17.7 Å². The SMILES string of the molecule is Cc1ccc2c(c1)CCCN2c1cc2c(cc1N)OCCO2. The topological polar surface area (TPSA) is 47.7 Å². The van der Waals surface area contributed by atoms with E-state index in [0.717, 1.165) is 42.3 Å². The van der Waals surface area contributed by atoms with Crippen LogP contribution in [0.4, 0.5) is 17.1 Å². The first-order valence-corrected chi connectivity index (χ1v) is 7.78. The highest BCUT2D eigenvalue weighted by molar-refractivity contribution is 5.80. The molecular formula is C18H20N2O2. The molecule has 4 rings (SSSR count). The van der Waals surface area contributed by atoms with E-state index < -0.39 is 0 Å². The van der Waals surface area contributed by atoms with E-state index in [1.807, 2.05) is 12.1 Å². The van der Waals surface area contributed by atoms with E-state index in [-0.39, 0.29) is 0 Å². The third-order valence-electron chi connectivity index (χ3n) is 4.34. The molecule has 0 spiro atoms. The van der Waals surface area contributed by atoms with Crippen molar-refractivity contribution in [2.75, 3.05) is 30.4 Å². The van der Waals surface area contributed by atoms with E-state index in [2.05, 4.69) is 30.0 Å². The highest BCUT2D eigenvalue weighted by Gasteiger charge is 2.23. The summed E-state index contributed by atoms with van der Waals surface area (Å²) in [5.41, 5.74) is 12.0. The van der Waals surface area contributed by atoms with Crippen LogP contribution in [0.2, 0.25) is 0 Å². The minimum Gasteiger partial charge on any atom is -0.486 e. The fourth-order valence-electron chi connectivity index (χ4n) is 3.30. The Morgan fingerprint density at radius 3 is 2.59 bits per heavy atom. The summed E-state index contributed by atoms with van der Waals surface area (Å²) in [6.07, 6.45) is 2.25. The van der Waals surface area contributed by atoms with E-state index in [1.54, 1.807) is 0 Å². The Kier molecular flexibility index (Phi) is 3.10. The van der Waals surface area contributed by atoms with Crippen LogP contribution in [0.25, 0.3) is 0 Å². The summed E-state index contributed by atoms with van der Waals surface area (Å²) in [4.78, 5) is 2.30. The maximum atomic E-state index is 6.29. The van der Waals surface area contributed by atoms with Crippen LogP contribution in [-0.4, -0.2) is 19.8 Å². The van der Waals surface area contributed by atoms with Crippen LogP contribution >= 0.6 is 0 Å². The Labute approximate surface area is 130 Å². The molecule has 0 saturated heterocycles. The molecule has 0 unspecified atom stereocenters. The Morgan fingerprint density at radius 1 is 1.00 bits per heavy atom. The second kappa shape index (κ2) is 5.13. The van der Waals surface area contributed by atoms with Crippen molar-refractivity contribution in [1.29, 1.82) is 0 Å². The third kappa shape index (κ3) is 2.15. The molecule has 2 aliphatic rings. The molecule has 22 heavy (non-hydrogen) atoms. The van der Waals surface area contributed by atoms with Crippen molar-refractivity contribution in [3.63, 3.8) is 0 Å². The van der Waals surface area contributed by atoms with Crippen molar-refractivity contribution in [1.82, 2.24) is 0 Å². The maximum Gasteiger partial charge on any atom is 0.163 e. The fourth-order valence-corrected chi connectivity index (χ4v) is 3.30. The monoisotopic (exact) mass is 296 g/mol. The lowest BCUT2D eigenvalue weighted by atomic mass is 9.98. The second-order valence-corrected chi connectivity index (χ2v) is 5.94. The summed E-state index contributed by atoms with van der Waals surface area (Å²) >= 11 is 0. The standard InChI is InChI=1S/C18H20N2O2/c1-12-4-5-15-13(9-12)3-2-6-20(15)16-11-18-17(10-14(16)19)21-7-8-22-18/h4-5,9-11H,2-3,6-8,19H2,1H3. The van der Waals surface area contributed by atoms with Gasteiger partial charge >= 0.3 is 0 Å². The number of nitrogens with two attached hydrogens (primary N) is 1. The van der Waals surface area contributed by atoms with Crippen LogP contribution in [-0.2, 0) is 6.42 Å². The van der Waals surface area contributed by atoms with Gasteiger partial charge in [-0.15, -0.1) is 0 Å². The Balaban J connectivity index is 1.80. The van der Waals surface area contributed by atoms with Crippen molar-refractivity contribution >= 4 is 17.1 Å². The molecule has 0 amide bonds. The number of benzene rings is 2. The number of nitrogen functional groups attached to an aromatic ring is 1. The van der Waals surface area contributed by atoms with Gasteiger partial charge in [0.2, 0.25) is 0 Å². The van der Waals surface area contributed by atoms with Crippen molar-refractivity contribution in [3.8, 4) is 11.5 Å². The van der Waals surface area contributed by atoms with Gasteiger partial charge in [0.25, 0.3) is 0 Å². The Morgan fingerprint density at radius 2 is 1.77 bits per heavy atom.